The van der Waals surface area contributed by atoms with Gasteiger partial charge in [0, 0.05) is 12.3 Å². The minimum Gasteiger partial charge on any atom is -0.547 e. The van der Waals surface area contributed by atoms with Crippen molar-refractivity contribution >= 4 is 8.32 Å². The third-order valence-electron chi connectivity index (χ3n) is 5.83. The average molecular weight is 379 g/mol. The average Bonchev–Trinajstić information content (AvgIpc) is 2.68. The van der Waals surface area contributed by atoms with Crippen molar-refractivity contribution in [2.75, 3.05) is 13.2 Å². The smallest absolute Gasteiger partial charge is 0.250 e. The Morgan fingerprint density at radius 1 is 1.04 bits per heavy atom. The normalized spacial score (nSPS) is 19.0. The number of allylic oxidation sites excluding steroid dienone is 4. The molecule has 0 radical (unpaired) electrons. The van der Waals surface area contributed by atoms with Crippen LogP contribution in [0.1, 0.15) is 73.1 Å². The van der Waals surface area contributed by atoms with Gasteiger partial charge < -0.3 is 9.16 Å². The van der Waals surface area contributed by atoms with Crippen LogP contribution in [0, 0.1) is 5.92 Å². The maximum Gasteiger partial charge on any atom is 0.250 e. The quantitative estimate of drug-likeness (QED) is 0.189. The van der Waals surface area contributed by atoms with Crippen molar-refractivity contribution in [1.82, 2.24) is 0 Å². The molecule has 0 aliphatic heterocycles. The zero-order valence-corrected chi connectivity index (χ0v) is 19.0. The zero-order valence-electron chi connectivity index (χ0n) is 18.0. The maximum atomic E-state index is 6.87. The van der Waals surface area contributed by atoms with E-state index in [9.17, 15) is 0 Å². The second kappa shape index (κ2) is 13.4. The van der Waals surface area contributed by atoms with Crippen LogP contribution in [0.15, 0.2) is 35.6 Å². The SMILES string of the molecule is C/C=C/COC/C=C/[C@H]1CCCC(O[Si](CC)(CC)CC)=C1CCCC. The van der Waals surface area contributed by atoms with Gasteiger partial charge in [0.05, 0.1) is 19.0 Å². The lowest BCUT2D eigenvalue weighted by molar-refractivity contribution is 0.193. The molecule has 150 valence electrons. The largest absolute Gasteiger partial charge is 0.547 e. The summed E-state index contributed by atoms with van der Waals surface area (Å²) in [5.74, 6) is 1.92. The summed E-state index contributed by atoms with van der Waals surface area (Å²) < 4.78 is 12.5. The molecule has 3 heteroatoms. The molecule has 0 saturated carbocycles. The standard InChI is InChI=1S/C23H42O2Si/c1-6-11-17-22-21(16-14-20-24-19-12-7-2)15-13-18-23(22)25-26(8-3,9-4)10-5/h7,12,14,16,21H,6,8-11,13,15,17-20H2,1-5H3/b12-7+,16-14+/t21-/m1/s1. The van der Waals surface area contributed by atoms with Gasteiger partial charge in [-0.05, 0) is 56.3 Å². The fraction of sp³-hybridized carbons (Fsp3) is 0.739. The number of hydrogen-bond donors (Lipinski definition) is 0. The van der Waals surface area contributed by atoms with E-state index in [1.54, 1.807) is 5.57 Å². The van der Waals surface area contributed by atoms with Crippen LogP contribution in [0.3, 0.4) is 0 Å². The van der Waals surface area contributed by atoms with Gasteiger partial charge in [0.15, 0.2) is 0 Å². The summed E-state index contributed by atoms with van der Waals surface area (Å²) in [5, 5.41) is 0. The van der Waals surface area contributed by atoms with E-state index in [0.29, 0.717) is 19.1 Å². The second-order valence-electron chi connectivity index (χ2n) is 7.43. The predicted octanol–water partition coefficient (Wildman–Crippen LogP) is 7.40. The summed E-state index contributed by atoms with van der Waals surface area (Å²) in [7, 11) is -1.58. The molecular weight excluding hydrogens is 336 g/mol. The summed E-state index contributed by atoms with van der Waals surface area (Å²) in [6, 6.07) is 3.68. The van der Waals surface area contributed by atoms with Crippen molar-refractivity contribution in [2.45, 2.75) is 91.3 Å². The first-order valence-corrected chi connectivity index (χ1v) is 13.5. The Morgan fingerprint density at radius 3 is 2.35 bits per heavy atom. The Balaban J connectivity index is 2.89. The molecule has 0 heterocycles. The van der Waals surface area contributed by atoms with Crippen LogP contribution in [0.2, 0.25) is 18.1 Å². The molecule has 0 aromatic rings. The lowest BCUT2D eigenvalue weighted by Gasteiger charge is -2.35. The molecule has 0 unspecified atom stereocenters. The molecule has 0 aromatic heterocycles. The summed E-state index contributed by atoms with van der Waals surface area (Å²) in [6.45, 7) is 12.7. The van der Waals surface area contributed by atoms with Crippen molar-refractivity contribution < 1.29 is 9.16 Å². The molecule has 1 aliphatic carbocycles. The first kappa shape index (κ1) is 23.2. The summed E-state index contributed by atoms with van der Waals surface area (Å²) in [5.41, 5.74) is 1.59. The Kier molecular flexibility index (Phi) is 12.0. The van der Waals surface area contributed by atoms with Crippen LogP contribution in [0.25, 0.3) is 0 Å². The lowest BCUT2D eigenvalue weighted by atomic mass is 9.83. The molecule has 1 atom stereocenters. The van der Waals surface area contributed by atoms with Gasteiger partial charge in [-0.2, -0.15) is 0 Å². The highest BCUT2D eigenvalue weighted by atomic mass is 28.4. The molecule has 0 N–H and O–H groups in total. The van der Waals surface area contributed by atoms with E-state index < -0.39 is 8.32 Å². The van der Waals surface area contributed by atoms with Crippen LogP contribution in [-0.4, -0.2) is 21.5 Å². The van der Waals surface area contributed by atoms with E-state index >= 15 is 0 Å². The third kappa shape index (κ3) is 7.44. The molecule has 1 aliphatic rings. The van der Waals surface area contributed by atoms with Crippen LogP contribution in [0.4, 0.5) is 0 Å². The zero-order chi connectivity index (χ0) is 19.3. The molecule has 0 bridgehead atoms. The highest BCUT2D eigenvalue weighted by Crippen LogP contribution is 2.38. The number of ether oxygens (including phenoxy) is 1. The summed E-state index contributed by atoms with van der Waals surface area (Å²) in [4.78, 5) is 0. The maximum absolute atomic E-state index is 6.87. The first-order chi connectivity index (χ1) is 12.7. The number of rotatable bonds is 13. The highest BCUT2D eigenvalue weighted by Gasteiger charge is 2.33. The van der Waals surface area contributed by atoms with Gasteiger partial charge in [-0.3, -0.25) is 0 Å². The van der Waals surface area contributed by atoms with Crippen molar-refractivity contribution in [1.29, 1.82) is 0 Å². The Labute approximate surface area is 163 Å². The van der Waals surface area contributed by atoms with E-state index in [4.69, 9.17) is 9.16 Å². The van der Waals surface area contributed by atoms with Crippen LogP contribution < -0.4 is 0 Å². The van der Waals surface area contributed by atoms with Crippen LogP contribution in [-0.2, 0) is 9.16 Å². The fourth-order valence-corrected chi connectivity index (χ4v) is 6.48. The lowest BCUT2D eigenvalue weighted by Crippen LogP contribution is -2.36. The minimum atomic E-state index is -1.58. The molecule has 0 spiro atoms. The van der Waals surface area contributed by atoms with Gasteiger partial charge in [-0.1, -0.05) is 58.4 Å². The molecule has 0 saturated heterocycles. The molecule has 0 aromatic carbocycles. The van der Waals surface area contributed by atoms with Gasteiger partial charge in [-0.15, -0.1) is 0 Å². The Morgan fingerprint density at radius 2 is 1.73 bits per heavy atom. The van der Waals surface area contributed by atoms with E-state index in [1.165, 1.54) is 56.0 Å². The van der Waals surface area contributed by atoms with Crippen LogP contribution in [0.5, 0.6) is 0 Å². The van der Waals surface area contributed by atoms with Gasteiger partial charge in [-0.25, -0.2) is 0 Å². The van der Waals surface area contributed by atoms with Gasteiger partial charge >= 0.3 is 0 Å². The minimum absolute atomic E-state index is 0.549. The van der Waals surface area contributed by atoms with Crippen LogP contribution >= 0.6 is 0 Å². The number of hydrogen-bond acceptors (Lipinski definition) is 2. The van der Waals surface area contributed by atoms with Gasteiger partial charge in [0.2, 0.25) is 8.32 Å². The molecular formula is C23H42O2Si. The van der Waals surface area contributed by atoms with Gasteiger partial charge in [0.1, 0.15) is 0 Å². The van der Waals surface area contributed by atoms with Crippen molar-refractivity contribution in [3.05, 3.63) is 35.6 Å². The van der Waals surface area contributed by atoms with E-state index in [0.717, 1.165) is 6.42 Å². The molecule has 0 fully saturated rings. The highest BCUT2D eigenvalue weighted by molar-refractivity contribution is 6.73. The molecule has 1 rings (SSSR count). The predicted molar refractivity (Wildman–Crippen MR) is 117 cm³/mol. The molecule has 2 nitrogen and oxygen atoms in total. The van der Waals surface area contributed by atoms with Crippen molar-refractivity contribution in [2.24, 2.45) is 5.92 Å². The first-order valence-electron chi connectivity index (χ1n) is 10.9. The number of unbranched alkanes of at least 4 members (excludes halogenated alkanes) is 1. The molecule has 26 heavy (non-hydrogen) atoms. The van der Waals surface area contributed by atoms with E-state index in [-0.39, 0.29) is 0 Å². The van der Waals surface area contributed by atoms with Crippen molar-refractivity contribution in [3.8, 4) is 0 Å². The summed E-state index contributed by atoms with van der Waals surface area (Å²) in [6.07, 6.45) is 16.1. The van der Waals surface area contributed by atoms with Gasteiger partial charge in [0.25, 0.3) is 0 Å². The second-order valence-corrected chi connectivity index (χ2v) is 12.1. The van der Waals surface area contributed by atoms with E-state index in [1.807, 2.05) is 13.0 Å². The summed E-state index contributed by atoms with van der Waals surface area (Å²) >= 11 is 0. The molecule has 0 amide bonds. The Bertz CT molecular complexity index is 453. The fourth-order valence-electron chi connectivity index (χ4n) is 3.79. The topological polar surface area (TPSA) is 18.5 Å². The van der Waals surface area contributed by atoms with Crippen molar-refractivity contribution in [3.63, 3.8) is 0 Å². The Hall–Kier alpha value is -0.803. The van der Waals surface area contributed by atoms with E-state index in [2.05, 4.69) is 45.9 Å². The monoisotopic (exact) mass is 378 g/mol. The third-order valence-corrected chi connectivity index (χ3v) is 10.4.